The molecule has 0 atom stereocenters. The Morgan fingerprint density at radius 2 is 1.62 bits per heavy atom. The number of amides is 1. The minimum Gasteiger partial charge on any atom is -0.481 e. The number of carboxylic acid groups (broad SMARTS) is 1. The van der Waals surface area contributed by atoms with Crippen LogP contribution in [0.2, 0.25) is 0 Å². The number of rotatable bonds is 8. The molecule has 3 aromatic carbocycles. The number of alkyl halides is 3. The summed E-state index contributed by atoms with van der Waals surface area (Å²) in [6.07, 6.45) is -4.18. The van der Waals surface area contributed by atoms with E-state index < -0.39 is 34.8 Å². The maximum atomic E-state index is 14.2. The Balaban J connectivity index is 1.70. The van der Waals surface area contributed by atoms with Gasteiger partial charge in [-0.1, -0.05) is 6.07 Å². The lowest BCUT2D eigenvalue weighted by Crippen LogP contribution is -2.26. The number of benzene rings is 3. The van der Waals surface area contributed by atoms with E-state index in [2.05, 4.69) is 5.32 Å². The highest BCUT2D eigenvalue weighted by atomic mass is 19.4. The Morgan fingerprint density at radius 3 is 2.22 bits per heavy atom. The first-order chi connectivity index (χ1) is 17.2. The maximum Gasteiger partial charge on any atom is 0.416 e. The molecule has 0 spiro atoms. The topological polar surface area (TPSA) is 75.6 Å². The summed E-state index contributed by atoms with van der Waals surface area (Å²) >= 11 is 0. The molecule has 9 heteroatoms. The average molecular weight is 518 g/mol. The van der Waals surface area contributed by atoms with Gasteiger partial charge in [-0.25, -0.2) is 4.39 Å². The molecule has 0 fully saturated rings. The summed E-state index contributed by atoms with van der Waals surface area (Å²) in [6, 6.07) is 12.0. The van der Waals surface area contributed by atoms with Gasteiger partial charge in [0.1, 0.15) is 17.3 Å². The van der Waals surface area contributed by atoms with Crippen LogP contribution in [0.5, 0.6) is 11.5 Å². The molecule has 0 saturated heterocycles. The molecule has 0 aromatic heterocycles. The molecule has 0 aliphatic rings. The third kappa shape index (κ3) is 7.09. The lowest BCUT2D eigenvalue weighted by molar-refractivity contribution is -0.146. The molecule has 3 rings (SSSR count). The molecular formula is C28H27F4NO4. The van der Waals surface area contributed by atoms with E-state index in [9.17, 15) is 32.3 Å². The van der Waals surface area contributed by atoms with Crippen molar-refractivity contribution in [3.8, 4) is 11.5 Å². The number of hydrogen-bond donors (Lipinski definition) is 2. The lowest BCUT2D eigenvalue weighted by atomic mass is 9.84. The van der Waals surface area contributed by atoms with Crippen LogP contribution in [0.1, 0.15) is 52.0 Å². The number of hydrogen-bond acceptors (Lipinski definition) is 3. The van der Waals surface area contributed by atoms with Crippen LogP contribution in [0.25, 0.3) is 0 Å². The van der Waals surface area contributed by atoms with Crippen LogP contribution in [0, 0.1) is 25.1 Å². The molecule has 196 valence electrons. The van der Waals surface area contributed by atoms with Gasteiger partial charge in [0.15, 0.2) is 0 Å². The Hall–Kier alpha value is -3.88. The summed E-state index contributed by atoms with van der Waals surface area (Å²) in [7, 11) is 0. The predicted molar refractivity (Wildman–Crippen MR) is 130 cm³/mol. The van der Waals surface area contributed by atoms with Crippen LogP contribution >= 0.6 is 0 Å². The quantitative estimate of drug-likeness (QED) is 0.321. The van der Waals surface area contributed by atoms with Gasteiger partial charge in [-0.15, -0.1) is 0 Å². The second kappa shape index (κ2) is 10.6. The van der Waals surface area contributed by atoms with E-state index in [0.717, 1.165) is 29.3 Å². The number of carbonyl (C=O) groups excluding carboxylic acids is 1. The molecule has 0 heterocycles. The highest BCUT2D eigenvalue weighted by molar-refractivity contribution is 5.95. The number of carboxylic acids is 1. The third-order valence-corrected chi connectivity index (χ3v) is 5.94. The minimum atomic E-state index is -4.51. The van der Waals surface area contributed by atoms with Crippen LogP contribution < -0.4 is 10.1 Å². The normalized spacial score (nSPS) is 11.8. The summed E-state index contributed by atoms with van der Waals surface area (Å²) in [6.45, 7) is 6.45. The zero-order chi connectivity index (χ0) is 27.5. The molecule has 0 bridgehead atoms. The average Bonchev–Trinajstić information content (AvgIpc) is 2.78. The fraction of sp³-hybridized carbons (Fsp3) is 0.286. The number of carbonyl (C=O) groups is 2. The van der Waals surface area contributed by atoms with Crippen LogP contribution in [0.3, 0.4) is 0 Å². The van der Waals surface area contributed by atoms with Crippen LogP contribution in [0.4, 0.5) is 17.6 Å². The van der Waals surface area contributed by atoms with Gasteiger partial charge in [-0.05, 0) is 98.8 Å². The minimum absolute atomic E-state index is 0.0738. The van der Waals surface area contributed by atoms with E-state index in [1.54, 1.807) is 38.1 Å². The van der Waals surface area contributed by atoms with Crippen molar-refractivity contribution in [2.45, 2.75) is 46.8 Å². The lowest BCUT2D eigenvalue weighted by Gasteiger charge is -2.20. The monoisotopic (exact) mass is 517 g/mol. The fourth-order valence-corrected chi connectivity index (χ4v) is 3.77. The van der Waals surface area contributed by atoms with E-state index in [1.165, 1.54) is 19.1 Å². The molecule has 0 unspecified atom stereocenters. The smallest absolute Gasteiger partial charge is 0.416 e. The van der Waals surface area contributed by atoms with Gasteiger partial charge in [-0.2, -0.15) is 13.2 Å². The van der Waals surface area contributed by atoms with Crippen molar-refractivity contribution < 1.29 is 37.0 Å². The molecule has 0 radical (unpaired) electrons. The Morgan fingerprint density at radius 1 is 0.919 bits per heavy atom. The van der Waals surface area contributed by atoms with Crippen molar-refractivity contribution in [1.29, 1.82) is 0 Å². The number of aliphatic carboxylic acids is 1. The summed E-state index contributed by atoms with van der Waals surface area (Å²) in [5.74, 6) is -1.47. The van der Waals surface area contributed by atoms with Crippen molar-refractivity contribution in [3.63, 3.8) is 0 Å². The standard InChI is InChI=1S/C28H27F4NO4/c1-16-10-22(7-5-19(16)14-27(3,4)26(35)36)37-23-12-18(11-21(29)13-23)15-33-25(34)24-8-6-20(9-17(24)2)28(30,31)32/h5-13H,14-15H2,1-4H3,(H,33,34)(H,35,36). The van der Waals surface area contributed by atoms with Gasteiger partial charge in [-0.3, -0.25) is 9.59 Å². The summed E-state index contributed by atoms with van der Waals surface area (Å²) in [5, 5.41) is 12.0. The predicted octanol–water partition coefficient (Wildman–Crippen LogP) is 6.84. The van der Waals surface area contributed by atoms with E-state index >= 15 is 0 Å². The summed E-state index contributed by atoms with van der Waals surface area (Å²) in [5.41, 5.74) is 0.535. The van der Waals surface area contributed by atoms with Gasteiger partial charge in [0.25, 0.3) is 5.91 Å². The van der Waals surface area contributed by atoms with Gasteiger partial charge in [0, 0.05) is 18.2 Å². The molecule has 0 aliphatic heterocycles. The first-order valence-corrected chi connectivity index (χ1v) is 11.4. The molecule has 3 aromatic rings. The highest BCUT2D eigenvalue weighted by Gasteiger charge is 2.31. The Bertz CT molecular complexity index is 1330. The van der Waals surface area contributed by atoms with E-state index in [0.29, 0.717) is 17.7 Å². The highest BCUT2D eigenvalue weighted by Crippen LogP contribution is 2.31. The molecule has 5 nitrogen and oxygen atoms in total. The number of halogens is 4. The fourth-order valence-electron chi connectivity index (χ4n) is 3.77. The van der Waals surface area contributed by atoms with Crippen LogP contribution in [-0.4, -0.2) is 17.0 Å². The van der Waals surface area contributed by atoms with E-state index in [1.807, 2.05) is 6.92 Å². The Kier molecular flexibility index (Phi) is 7.95. The largest absolute Gasteiger partial charge is 0.481 e. The molecule has 1 amide bonds. The molecule has 0 aliphatic carbocycles. The van der Waals surface area contributed by atoms with E-state index in [4.69, 9.17) is 4.74 Å². The van der Waals surface area contributed by atoms with Crippen LogP contribution in [-0.2, 0) is 23.9 Å². The van der Waals surface area contributed by atoms with Crippen molar-refractivity contribution >= 4 is 11.9 Å². The van der Waals surface area contributed by atoms with Gasteiger partial charge in [0.2, 0.25) is 0 Å². The van der Waals surface area contributed by atoms with E-state index in [-0.39, 0.29) is 23.4 Å². The second-order valence-electron chi connectivity index (χ2n) is 9.56. The second-order valence-corrected chi connectivity index (χ2v) is 9.56. The van der Waals surface area contributed by atoms with Crippen molar-refractivity contribution in [2.75, 3.05) is 0 Å². The van der Waals surface area contributed by atoms with Crippen LogP contribution in [0.15, 0.2) is 54.6 Å². The van der Waals surface area contributed by atoms with Crippen molar-refractivity contribution in [3.05, 3.63) is 93.8 Å². The SMILES string of the molecule is Cc1cc(Oc2cc(F)cc(CNC(=O)c3ccc(C(F)(F)F)cc3C)c2)ccc1CC(C)(C)C(=O)O. The van der Waals surface area contributed by atoms with Crippen molar-refractivity contribution in [1.82, 2.24) is 5.32 Å². The van der Waals surface area contributed by atoms with Crippen molar-refractivity contribution in [2.24, 2.45) is 5.41 Å². The number of aryl methyl sites for hydroxylation is 2. The number of nitrogens with one attached hydrogen (secondary N) is 1. The first kappa shape index (κ1) is 27.7. The van der Waals surface area contributed by atoms with Gasteiger partial charge >= 0.3 is 12.1 Å². The first-order valence-electron chi connectivity index (χ1n) is 11.4. The molecule has 0 saturated carbocycles. The maximum absolute atomic E-state index is 14.2. The summed E-state index contributed by atoms with van der Waals surface area (Å²) in [4.78, 5) is 23.9. The number of ether oxygens (including phenoxy) is 1. The zero-order valence-corrected chi connectivity index (χ0v) is 20.8. The van der Waals surface area contributed by atoms with Gasteiger partial charge in [0.05, 0.1) is 11.0 Å². The zero-order valence-electron chi connectivity index (χ0n) is 20.8. The Labute approximate surface area is 212 Å². The van der Waals surface area contributed by atoms with Gasteiger partial charge < -0.3 is 15.2 Å². The molecule has 2 N–H and O–H groups in total. The molecule has 37 heavy (non-hydrogen) atoms. The molecular weight excluding hydrogens is 490 g/mol. The third-order valence-electron chi connectivity index (χ3n) is 5.94. The summed E-state index contributed by atoms with van der Waals surface area (Å²) < 4.78 is 58.6.